The van der Waals surface area contributed by atoms with Gasteiger partial charge in [0.05, 0.1) is 11.9 Å². The Labute approximate surface area is 151 Å². The van der Waals surface area contributed by atoms with Gasteiger partial charge in [-0.2, -0.15) is 5.10 Å². The molecule has 4 heterocycles. The zero-order valence-electron chi connectivity index (χ0n) is 15.3. The maximum atomic E-state index is 11.4. The molecule has 1 aromatic rings. The zero-order valence-corrected chi connectivity index (χ0v) is 16.1. The fourth-order valence-corrected chi connectivity index (χ4v) is 5.70. The molecule has 3 aliphatic heterocycles. The number of aromatic nitrogens is 2. The minimum Gasteiger partial charge on any atom is -0.298 e. The van der Waals surface area contributed by atoms with E-state index >= 15 is 0 Å². The molecule has 25 heavy (non-hydrogen) atoms. The highest BCUT2D eigenvalue weighted by Crippen LogP contribution is 2.43. The molecule has 1 N–H and O–H groups in total. The van der Waals surface area contributed by atoms with Crippen LogP contribution in [0.5, 0.6) is 0 Å². The first kappa shape index (κ1) is 17.5. The lowest BCUT2D eigenvalue weighted by molar-refractivity contribution is 0.0306. The average molecular weight is 367 g/mol. The predicted octanol–water partition coefficient (Wildman–Crippen LogP) is 1.80. The molecule has 7 heteroatoms. The molecule has 4 atom stereocenters. The van der Waals surface area contributed by atoms with Gasteiger partial charge in [0.2, 0.25) is 10.0 Å². The van der Waals surface area contributed by atoms with E-state index in [4.69, 9.17) is 5.10 Å². The molecule has 4 fully saturated rings. The molecule has 1 aromatic heterocycles. The van der Waals surface area contributed by atoms with Crippen LogP contribution < -0.4 is 4.72 Å². The van der Waals surface area contributed by atoms with Crippen LogP contribution in [0.3, 0.4) is 0 Å². The van der Waals surface area contributed by atoms with Crippen molar-refractivity contribution in [3.05, 3.63) is 17.5 Å². The molecule has 4 aliphatic rings. The summed E-state index contributed by atoms with van der Waals surface area (Å²) in [5, 5.41) is 4.85. The third kappa shape index (κ3) is 3.64. The zero-order chi connectivity index (χ0) is 17.6. The Hall–Kier alpha value is -0.920. The monoisotopic (exact) mass is 366 g/mol. The van der Waals surface area contributed by atoms with Crippen LogP contribution in [0, 0.1) is 5.92 Å². The number of hydrogen-bond donors (Lipinski definition) is 1. The van der Waals surface area contributed by atoms with Crippen LogP contribution in [0.1, 0.15) is 61.7 Å². The van der Waals surface area contributed by atoms with E-state index < -0.39 is 10.0 Å². The quantitative estimate of drug-likeness (QED) is 0.863. The maximum absolute atomic E-state index is 11.4. The standard InChI is InChI=1S/C18H30N4O2S/c1-21-18(10-17(20-21)13-5-3-4-6-13)16-12-22-8-7-14(16)9-15(22)11-19-25(2,23)24/h10,13-16,19H,3-9,11-12H2,1-2H3/t14-,15+,16-/m0/s1. The lowest BCUT2D eigenvalue weighted by Crippen LogP contribution is -2.56. The van der Waals surface area contributed by atoms with Gasteiger partial charge in [-0.05, 0) is 44.2 Å². The molecule has 0 radical (unpaired) electrons. The molecule has 140 valence electrons. The third-order valence-electron chi connectivity index (χ3n) is 6.55. The Morgan fingerprint density at radius 1 is 1.28 bits per heavy atom. The second-order valence-electron chi connectivity index (χ2n) is 8.26. The van der Waals surface area contributed by atoms with Gasteiger partial charge >= 0.3 is 0 Å². The molecule has 1 aliphatic carbocycles. The van der Waals surface area contributed by atoms with Crippen molar-refractivity contribution in [1.29, 1.82) is 0 Å². The van der Waals surface area contributed by atoms with Crippen molar-refractivity contribution in [2.45, 2.75) is 56.4 Å². The van der Waals surface area contributed by atoms with Crippen LogP contribution in [0.15, 0.2) is 6.07 Å². The van der Waals surface area contributed by atoms with Crippen LogP contribution in [0.25, 0.3) is 0 Å². The Morgan fingerprint density at radius 2 is 2.04 bits per heavy atom. The second kappa shape index (κ2) is 6.67. The molecule has 0 amide bonds. The van der Waals surface area contributed by atoms with Gasteiger partial charge in [-0.3, -0.25) is 9.58 Å². The molecule has 6 nitrogen and oxygen atoms in total. The fraction of sp³-hybridized carbons (Fsp3) is 0.833. The highest BCUT2D eigenvalue weighted by atomic mass is 32.2. The molecule has 0 aromatic carbocycles. The molecule has 1 saturated carbocycles. The van der Waals surface area contributed by atoms with Crippen LogP contribution in [-0.4, -0.2) is 55.0 Å². The van der Waals surface area contributed by atoms with Crippen LogP contribution in [0.4, 0.5) is 0 Å². The SMILES string of the molecule is Cn1nc(C2CCCC2)cc1[C@H]1CN2CC[C@H]1C[C@@H]2CNS(C)(=O)=O. The van der Waals surface area contributed by atoms with Crippen molar-refractivity contribution in [2.24, 2.45) is 13.0 Å². The van der Waals surface area contributed by atoms with Crippen molar-refractivity contribution in [1.82, 2.24) is 19.4 Å². The Morgan fingerprint density at radius 3 is 2.68 bits per heavy atom. The minimum absolute atomic E-state index is 0.340. The van der Waals surface area contributed by atoms with Gasteiger partial charge in [0.25, 0.3) is 0 Å². The number of sulfonamides is 1. The van der Waals surface area contributed by atoms with Crippen molar-refractivity contribution in [2.75, 3.05) is 25.9 Å². The van der Waals surface area contributed by atoms with Crippen molar-refractivity contribution in [3.63, 3.8) is 0 Å². The lowest BCUT2D eigenvalue weighted by atomic mass is 9.74. The predicted molar refractivity (Wildman–Crippen MR) is 98.1 cm³/mol. The maximum Gasteiger partial charge on any atom is 0.208 e. The highest BCUT2D eigenvalue weighted by Gasteiger charge is 2.42. The minimum atomic E-state index is -3.11. The smallest absolute Gasteiger partial charge is 0.208 e. The lowest BCUT2D eigenvalue weighted by Gasteiger charge is -2.49. The molecule has 2 bridgehead atoms. The van der Waals surface area contributed by atoms with Crippen LogP contribution >= 0.6 is 0 Å². The number of aryl methyl sites for hydroxylation is 1. The van der Waals surface area contributed by atoms with Gasteiger partial charge in [-0.15, -0.1) is 0 Å². The van der Waals surface area contributed by atoms with Crippen molar-refractivity contribution >= 4 is 10.0 Å². The molecule has 0 spiro atoms. The normalized spacial score (nSPS) is 33.2. The molecule has 5 rings (SSSR count). The second-order valence-corrected chi connectivity index (χ2v) is 10.1. The number of hydrogen-bond acceptors (Lipinski definition) is 4. The number of nitrogens with one attached hydrogen (secondary N) is 1. The Kier molecular flexibility index (Phi) is 4.67. The molecule has 1 unspecified atom stereocenters. The van der Waals surface area contributed by atoms with E-state index in [1.807, 2.05) is 0 Å². The molecular weight excluding hydrogens is 336 g/mol. The van der Waals surface area contributed by atoms with E-state index in [0.29, 0.717) is 30.3 Å². The summed E-state index contributed by atoms with van der Waals surface area (Å²) in [4.78, 5) is 2.48. The van der Waals surface area contributed by atoms with Gasteiger partial charge in [-0.25, -0.2) is 13.1 Å². The van der Waals surface area contributed by atoms with Gasteiger partial charge in [0.15, 0.2) is 0 Å². The van der Waals surface area contributed by atoms with E-state index in [-0.39, 0.29) is 0 Å². The first-order chi connectivity index (χ1) is 11.9. The van der Waals surface area contributed by atoms with E-state index in [1.54, 1.807) is 0 Å². The highest BCUT2D eigenvalue weighted by molar-refractivity contribution is 7.88. The van der Waals surface area contributed by atoms with Crippen molar-refractivity contribution < 1.29 is 8.42 Å². The van der Waals surface area contributed by atoms with Gasteiger partial charge in [0, 0.05) is 43.7 Å². The summed E-state index contributed by atoms with van der Waals surface area (Å²) in [5.74, 6) is 1.84. The number of nitrogens with zero attached hydrogens (tertiary/aromatic N) is 3. The first-order valence-corrected chi connectivity index (χ1v) is 11.5. The molecule has 3 saturated heterocycles. The number of fused-ring (bicyclic) bond motifs is 3. The van der Waals surface area contributed by atoms with Gasteiger partial charge in [-0.1, -0.05) is 12.8 Å². The summed E-state index contributed by atoms with van der Waals surface area (Å²) in [7, 11) is -1.02. The fourth-order valence-electron chi connectivity index (χ4n) is 5.21. The van der Waals surface area contributed by atoms with Crippen molar-refractivity contribution in [3.8, 4) is 0 Å². The average Bonchev–Trinajstić information content (AvgIpc) is 3.22. The van der Waals surface area contributed by atoms with Crippen LogP contribution in [-0.2, 0) is 17.1 Å². The summed E-state index contributed by atoms with van der Waals surface area (Å²) in [6, 6.07) is 2.71. The largest absolute Gasteiger partial charge is 0.298 e. The number of rotatable bonds is 5. The van der Waals surface area contributed by atoms with E-state index in [2.05, 4.69) is 27.4 Å². The van der Waals surface area contributed by atoms with E-state index in [1.165, 1.54) is 49.7 Å². The summed E-state index contributed by atoms with van der Waals surface area (Å²) < 4.78 is 27.6. The van der Waals surface area contributed by atoms with E-state index in [9.17, 15) is 8.42 Å². The van der Waals surface area contributed by atoms with Crippen LogP contribution in [0.2, 0.25) is 0 Å². The van der Waals surface area contributed by atoms with E-state index in [0.717, 1.165) is 19.5 Å². The summed E-state index contributed by atoms with van der Waals surface area (Å²) in [6.45, 7) is 2.66. The Bertz CT molecular complexity index is 723. The van der Waals surface area contributed by atoms with Gasteiger partial charge < -0.3 is 0 Å². The Balaban J connectivity index is 1.47. The third-order valence-corrected chi connectivity index (χ3v) is 7.24. The summed E-state index contributed by atoms with van der Waals surface area (Å²) in [5.41, 5.74) is 2.67. The summed E-state index contributed by atoms with van der Waals surface area (Å²) in [6.07, 6.45) is 8.79. The van der Waals surface area contributed by atoms with Gasteiger partial charge in [0.1, 0.15) is 0 Å². The first-order valence-electron chi connectivity index (χ1n) is 9.63. The molecular formula is C18H30N4O2S. The summed E-state index contributed by atoms with van der Waals surface area (Å²) >= 11 is 0. The topological polar surface area (TPSA) is 67.2 Å². The number of piperidine rings is 3.